The summed E-state index contributed by atoms with van der Waals surface area (Å²) in [4.78, 5) is 29.2. The fourth-order valence-corrected chi connectivity index (χ4v) is 4.35. The highest BCUT2D eigenvalue weighted by atomic mass is 32.1. The van der Waals surface area contributed by atoms with Gasteiger partial charge in [0.15, 0.2) is 0 Å². The lowest BCUT2D eigenvalue weighted by molar-refractivity contribution is 0.0951. The smallest absolute Gasteiger partial charge is 0.286 e. The number of carbonyl (C=O) groups excluding carboxylic acids is 2. The first-order valence-electron chi connectivity index (χ1n) is 11.2. The molecule has 1 aliphatic heterocycles. The van der Waals surface area contributed by atoms with Gasteiger partial charge >= 0.3 is 0 Å². The number of anilines is 2. The molecule has 2 amide bonds. The van der Waals surface area contributed by atoms with E-state index in [4.69, 9.17) is 0 Å². The van der Waals surface area contributed by atoms with Gasteiger partial charge in [0.25, 0.3) is 11.8 Å². The van der Waals surface area contributed by atoms with Gasteiger partial charge in [-0.3, -0.25) is 14.5 Å². The number of amides is 2. The standard InChI is InChI=1S/C24H27FN6O2S/c1-17-28-29-24(34-17)23(33)27-20-7-3-18(4-8-20)22(32)26-11-2-12-30-13-15-31(16-14-30)21-9-5-19(25)6-10-21/h3-10H,2,11-16H2,1H3,(H,26,32)(H,27,33). The van der Waals surface area contributed by atoms with E-state index in [0.29, 0.717) is 22.8 Å². The SMILES string of the molecule is Cc1nnc(C(=O)Nc2ccc(C(=O)NCCCN3CCN(c4ccc(F)cc4)CC3)cc2)s1. The van der Waals surface area contributed by atoms with Gasteiger partial charge in [0.05, 0.1) is 0 Å². The number of aryl methyl sites for hydroxylation is 1. The Kier molecular flexibility index (Phi) is 7.81. The molecule has 178 valence electrons. The van der Waals surface area contributed by atoms with E-state index in [-0.39, 0.29) is 17.6 Å². The van der Waals surface area contributed by atoms with Crippen molar-refractivity contribution in [1.29, 1.82) is 0 Å². The van der Waals surface area contributed by atoms with Crippen LogP contribution >= 0.6 is 11.3 Å². The highest BCUT2D eigenvalue weighted by Gasteiger charge is 2.17. The molecular weight excluding hydrogens is 455 g/mol. The predicted molar refractivity (Wildman–Crippen MR) is 131 cm³/mol. The molecule has 1 saturated heterocycles. The minimum absolute atomic E-state index is 0.140. The second-order valence-corrected chi connectivity index (χ2v) is 9.25. The molecule has 3 aromatic rings. The summed E-state index contributed by atoms with van der Waals surface area (Å²) in [5.74, 6) is -0.674. The average molecular weight is 483 g/mol. The number of hydrogen-bond acceptors (Lipinski definition) is 7. The molecule has 4 rings (SSSR count). The molecule has 1 aromatic heterocycles. The van der Waals surface area contributed by atoms with Crippen LogP contribution in [-0.2, 0) is 0 Å². The Morgan fingerprint density at radius 3 is 2.32 bits per heavy atom. The molecule has 1 fully saturated rings. The maximum Gasteiger partial charge on any atom is 0.286 e. The summed E-state index contributed by atoms with van der Waals surface area (Å²) in [5.41, 5.74) is 2.18. The number of rotatable bonds is 8. The Morgan fingerprint density at radius 1 is 0.971 bits per heavy atom. The van der Waals surface area contributed by atoms with Gasteiger partial charge < -0.3 is 15.5 Å². The summed E-state index contributed by atoms with van der Waals surface area (Å²) in [6.07, 6.45) is 0.859. The van der Waals surface area contributed by atoms with E-state index in [9.17, 15) is 14.0 Å². The second-order valence-electron chi connectivity index (χ2n) is 8.07. The maximum absolute atomic E-state index is 13.1. The first kappa shape index (κ1) is 23.8. The van der Waals surface area contributed by atoms with Gasteiger partial charge in [-0.05, 0) is 68.4 Å². The fraction of sp³-hybridized carbons (Fsp3) is 0.333. The van der Waals surface area contributed by atoms with Gasteiger partial charge in [-0.2, -0.15) is 0 Å². The summed E-state index contributed by atoms with van der Waals surface area (Å²) in [6.45, 7) is 6.97. The quantitative estimate of drug-likeness (QED) is 0.480. The number of hydrogen-bond donors (Lipinski definition) is 2. The van der Waals surface area contributed by atoms with Crippen molar-refractivity contribution in [3.63, 3.8) is 0 Å². The van der Waals surface area contributed by atoms with Crippen molar-refractivity contribution in [3.05, 3.63) is 69.9 Å². The molecule has 8 nitrogen and oxygen atoms in total. The monoisotopic (exact) mass is 482 g/mol. The predicted octanol–water partition coefficient (Wildman–Crippen LogP) is 3.18. The number of nitrogens with one attached hydrogen (secondary N) is 2. The van der Waals surface area contributed by atoms with Crippen LogP contribution in [0.5, 0.6) is 0 Å². The van der Waals surface area contributed by atoms with E-state index in [1.54, 1.807) is 31.2 Å². The third-order valence-corrected chi connectivity index (χ3v) is 6.46. The largest absolute Gasteiger partial charge is 0.369 e. The Balaban J connectivity index is 1.15. The highest BCUT2D eigenvalue weighted by Crippen LogP contribution is 2.17. The summed E-state index contributed by atoms with van der Waals surface area (Å²) >= 11 is 1.23. The van der Waals surface area contributed by atoms with E-state index >= 15 is 0 Å². The second kappa shape index (κ2) is 11.2. The van der Waals surface area contributed by atoms with Gasteiger partial charge in [-0.15, -0.1) is 10.2 Å². The van der Waals surface area contributed by atoms with Crippen LogP contribution in [0.2, 0.25) is 0 Å². The number of halogens is 1. The molecule has 34 heavy (non-hydrogen) atoms. The van der Waals surface area contributed by atoms with Gasteiger partial charge in [-0.1, -0.05) is 11.3 Å². The zero-order chi connectivity index (χ0) is 23.9. The Bertz CT molecular complexity index is 1110. The average Bonchev–Trinajstić information content (AvgIpc) is 3.29. The van der Waals surface area contributed by atoms with E-state index in [1.165, 1.54) is 23.5 Å². The van der Waals surface area contributed by atoms with Gasteiger partial charge in [0.2, 0.25) is 5.01 Å². The summed E-state index contributed by atoms with van der Waals surface area (Å²) in [7, 11) is 0. The van der Waals surface area contributed by atoms with Crippen molar-refractivity contribution in [2.24, 2.45) is 0 Å². The van der Waals surface area contributed by atoms with Crippen LogP contribution in [0.1, 0.15) is 31.6 Å². The molecule has 2 N–H and O–H groups in total. The number of piperazine rings is 1. The topological polar surface area (TPSA) is 90.5 Å². The summed E-state index contributed by atoms with van der Waals surface area (Å²) < 4.78 is 13.1. The summed E-state index contributed by atoms with van der Waals surface area (Å²) in [6, 6.07) is 13.4. The first-order valence-corrected chi connectivity index (χ1v) is 12.0. The molecule has 0 unspecified atom stereocenters. The Hall–Kier alpha value is -3.37. The van der Waals surface area contributed by atoms with Crippen LogP contribution in [0.4, 0.5) is 15.8 Å². The van der Waals surface area contributed by atoms with E-state index in [0.717, 1.165) is 49.8 Å². The highest BCUT2D eigenvalue weighted by molar-refractivity contribution is 7.13. The molecular formula is C24H27FN6O2S. The van der Waals surface area contributed by atoms with E-state index in [2.05, 4.69) is 30.6 Å². The molecule has 0 radical (unpaired) electrons. The molecule has 1 aliphatic rings. The Morgan fingerprint density at radius 2 is 1.68 bits per heavy atom. The molecule has 10 heteroatoms. The third kappa shape index (κ3) is 6.36. The van der Waals surface area contributed by atoms with Crippen LogP contribution in [-0.4, -0.2) is 66.2 Å². The minimum atomic E-state index is -0.318. The lowest BCUT2D eigenvalue weighted by atomic mass is 10.2. The number of aromatic nitrogens is 2. The first-order chi connectivity index (χ1) is 16.5. The van der Waals surface area contributed by atoms with Crippen LogP contribution in [0.15, 0.2) is 48.5 Å². The zero-order valence-electron chi connectivity index (χ0n) is 19.0. The molecule has 0 spiro atoms. The fourth-order valence-electron chi connectivity index (χ4n) is 3.77. The Labute approximate surface area is 201 Å². The third-order valence-electron chi connectivity index (χ3n) is 5.63. The van der Waals surface area contributed by atoms with E-state index < -0.39 is 0 Å². The molecule has 0 bridgehead atoms. The van der Waals surface area contributed by atoms with Crippen LogP contribution in [0.25, 0.3) is 0 Å². The molecule has 2 aromatic carbocycles. The van der Waals surface area contributed by atoms with Crippen LogP contribution in [0.3, 0.4) is 0 Å². The van der Waals surface area contributed by atoms with Crippen molar-refractivity contribution in [3.8, 4) is 0 Å². The van der Waals surface area contributed by atoms with Crippen LogP contribution < -0.4 is 15.5 Å². The van der Waals surface area contributed by atoms with Crippen molar-refractivity contribution >= 4 is 34.5 Å². The molecule has 0 saturated carbocycles. The number of carbonyl (C=O) groups is 2. The lowest BCUT2D eigenvalue weighted by Gasteiger charge is -2.36. The van der Waals surface area contributed by atoms with Crippen molar-refractivity contribution in [2.45, 2.75) is 13.3 Å². The van der Waals surface area contributed by atoms with Gasteiger partial charge in [-0.25, -0.2) is 4.39 Å². The molecule has 2 heterocycles. The number of nitrogens with zero attached hydrogens (tertiary/aromatic N) is 4. The molecule has 0 aliphatic carbocycles. The molecule has 0 atom stereocenters. The van der Waals surface area contributed by atoms with Gasteiger partial charge in [0, 0.05) is 49.7 Å². The normalized spacial score (nSPS) is 14.1. The van der Waals surface area contributed by atoms with Crippen LogP contribution in [0, 0.1) is 12.7 Å². The zero-order valence-corrected chi connectivity index (χ0v) is 19.8. The lowest BCUT2D eigenvalue weighted by Crippen LogP contribution is -2.47. The maximum atomic E-state index is 13.1. The van der Waals surface area contributed by atoms with E-state index in [1.807, 2.05) is 12.1 Å². The van der Waals surface area contributed by atoms with Crippen molar-refractivity contribution < 1.29 is 14.0 Å². The number of benzene rings is 2. The van der Waals surface area contributed by atoms with Gasteiger partial charge in [0.1, 0.15) is 10.8 Å². The van der Waals surface area contributed by atoms with Crippen molar-refractivity contribution in [2.75, 3.05) is 49.5 Å². The summed E-state index contributed by atoms with van der Waals surface area (Å²) in [5, 5.41) is 14.4. The minimum Gasteiger partial charge on any atom is -0.369 e. The van der Waals surface area contributed by atoms with Crippen molar-refractivity contribution in [1.82, 2.24) is 20.4 Å².